The molecule has 0 aromatic heterocycles. The van der Waals surface area contributed by atoms with E-state index >= 15 is 0 Å². The maximum absolute atomic E-state index is 13.3. The minimum atomic E-state index is -0.531. The van der Waals surface area contributed by atoms with Crippen molar-refractivity contribution < 1.29 is 8.78 Å². The minimum Gasteiger partial charge on any atom is -0.206 e. The van der Waals surface area contributed by atoms with Gasteiger partial charge in [-0.15, -0.1) is 12.4 Å². The Morgan fingerprint density at radius 1 is 0.667 bits per heavy atom. The van der Waals surface area contributed by atoms with Crippen LogP contribution in [0.4, 0.5) is 8.78 Å². The van der Waals surface area contributed by atoms with Crippen molar-refractivity contribution in [3.05, 3.63) is 60.2 Å². The summed E-state index contributed by atoms with van der Waals surface area (Å²) >= 11 is 0. The van der Waals surface area contributed by atoms with Crippen LogP contribution >= 0.6 is 12.4 Å². The molecule has 3 heteroatoms. The highest BCUT2D eigenvalue weighted by Gasteiger charge is 2.09. The molecule has 0 unspecified atom stereocenters. The lowest BCUT2D eigenvalue weighted by Gasteiger charge is -2.03. The van der Waals surface area contributed by atoms with Gasteiger partial charge in [-0.05, 0) is 17.7 Å². The third-order valence-corrected chi connectivity index (χ3v) is 2.03. The minimum absolute atomic E-state index is 0. The SMILES string of the molecule is Cl.Fc1cccc(F)c1-c1ccccc1. The van der Waals surface area contributed by atoms with E-state index < -0.39 is 11.6 Å². The van der Waals surface area contributed by atoms with Gasteiger partial charge in [0.2, 0.25) is 0 Å². The smallest absolute Gasteiger partial charge is 0.133 e. The molecule has 0 aliphatic heterocycles. The van der Waals surface area contributed by atoms with Crippen LogP contribution in [0.5, 0.6) is 0 Å². The van der Waals surface area contributed by atoms with Crippen molar-refractivity contribution in [2.24, 2.45) is 0 Å². The van der Waals surface area contributed by atoms with Crippen molar-refractivity contribution in [1.29, 1.82) is 0 Å². The van der Waals surface area contributed by atoms with Crippen LogP contribution in [0.1, 0.15) is 0 Å². The third-order valence-electron chi connectivity index (χ3n) is 2.03. The number of hydrogen-bond donors (Lipinski definition) is 0. The molecule has 0 heterocycles. The van der Waals surface area contributed by atoms with Crippen LogP contribution in [-0.2, 0) is 0 Å². The Bertz CT molecular complexity index is 420. The summed E-state index contributed by atoms with van der Waals surface area (Å²) in [5, 5.41) is 0. The zero-order chi connectivity index (χ0) is 9.97. The van der Waals surface area contributed by atoms with Gasteiger partial charge < -0.3 is 0 Å². The van der Waals surface area contributed by atoms with Crippen molar-refractivity contribution in [2.45, 2.75) is 0 Å². The van der Waals surface area contributed by atoms with Crippen LogP contribution in [0.25, 0.3) is 11.1 Å². The summed E-state index contributed by atoms with van der Waals surface area (Å²) in [5.74, 6) is -1.06. The van der Waals surface area contributed by atoms with Crippen LogP contribution < -0.4 is 0 Å². The molecule has 0 radical (unpaired) electrons. The molecule has 0 N–H and O–H groups in total. The Labute approximate surface area is 93.0 Å². The molecule has 0 aliphatic rings. The summed E-state index contributed by atoms with van der Waals surface area (Å²) in [6.45, 7) is 0. The molecule has 0 aliphatic carbocycles. The highest BCUT2D eigenvalue weighted by atomic mass is 35.5. The summed E-state index contributed by atoms with van der Waals surface area (Å²) in [4.78, 5) is 0. The van der Waals surface area contributed by atoms with Gasteiger partial charge >= 0.3 is 0 Å². The Hall–Kier alpha value is -1.41. The number of hydrogen-bond acceptors (Lipinski definition) is 0. The summed E-state index contributed by atoms with van der Waals surface area (Å²) < 4.78 is 26.6. The third kappa shape index (κ3) is 2.34. The molecule has 0 atom stereocenters. The predicted octanol–water partition coefficient (Wildman–Crippen LogP) is 4.05. The first kappa shape index (κ1) is 11.7. The highest BCUT2D eigenvalue weighted by molar-refractivity contribution is 5.85. The number of benzene rings is 2. The first-order valence-corrected chi connectivity index (χ1v) is 4.28. The van der Waals surface area contributed by atoms with E-state index in [4.69, 9.17) is 0 Å². The van der Waals surface area contributed by atoms with Crippen LogP contribution in [0, 0.1) is 11.6 Å². The van der Waals surface area contributed by atoms with Crippen molar-refractivity contribution in [2.75, 3.05) is 0 Å². The largest absolute Gasteiger partial charge is 0.206 e. The van der Waals surface area contributed by atoms with Crippen molar-refractivity contribution in [3.8, 4) is 11.1 Å². The monoisotopic (exact) mass is 226 g/mol. The maximum Gasteiger partial charge on any atom is 0.133 e. The Kier molecular flexibility index (Phi) is 3.81. The first-order valence-electron chi connectivity index (χ1n) is 4.28. The van der Waals surface area contributed by atoms with Gasteiger partial charge in [0.25, 0.3) is 0 Å². The molecule has 78 valence electrons. The topological polar surface area (TPSA) is 0 Å². The predicted molar refractivity (Wildman–Crippen MR) is 59.0 cm³/mol. The average Bonchev–Trinajstić information content (AvgIpc) is 2.19. The second-order valence-electron chi connectivity index (χ2n) is 2.96. The van der Waals surface area contributed by atoms with Crippen LogP contribution in [0.2, 0.25) is 0 Å². The molecular formula is C12H9ClF2. The molecule has 15 heavy (non-hydrogen) atoms. The normalized spacial score (nSPS) is 9.47. The van der Waals surface area contributed by atoms with E-state index in [1.165, 1.54) is 18.2 Å². The fraction of sp³-hybridized carbons (Fsp3) is 0. The first-order chi connectivity index (χ1) is 6.79. The van der Waals surface area contributed by atoms with E-state index in [1.807, 2.05) is 6.07 Å². The molecule has 0 saturated carbocycles. The molecule has 2 rings (SSSR count). The van der Waals surface area contributed by atoms with Gasteiger partial charge in [-0.25, -0.2) is 8.78 Å². The van der Waals surface area contributed by atoms with Gasteiger partial charge in [-0.3, -0.25) is 0 Å². The van der Waals surface area contributed by atoms with Gasteiger partial charge in [0.05, 0.1) is 5.56 Å². The molecule has 0 spiro atoms. The van der Waals surface area contributed by atoms with Crippen LogP contribution in [0.15, 0.2) is 48.5 Å². The molecule has 0 bridgehead atoms. The highest BCUT2D eigenvalue weighted by Crippen LogP contribution is 2.25. The second-order valence-corrected chi connectivity index (χ2v) is 2.96. The van der Waals surface area contributed by atoms with Crippen molar-refractivity contribution in [3.63, 3.8) is 0 Å². The Morgan fingerprint density at radius 2 is 1.20 bits per heavy atom. The molecular weight excluding hydrogens is 218 g/mol. The quantitative estimate of drug-likeness (QED) is 0.688. The zero-order valence-corrected chi connectivity index (χ0v) is 8.60. The van der Waals surface area contributed by atoms with Gasteiger partial charge in [0, 0.05) is 0 Å². The van der Waals surface area contributed by atoms with E-state index in [1.54, 1.807) is 24.3 Å². The van der Waals surface area contributed by atoms with E-state index in [0.717, 1.165) is 0 Å². The van der Waals surface area contributed by atoms with Crippen LogP contribution in [0.3, 0.4) is 0 Å². The lowest BCUT2D eigenvalue weighted by molar-refractivity contribution is 0.589. The van der Waals surface area contributed by atoms with Gasteiger partial charge in [-0.2, -0.15) is 0 Å². The fourth-order valence-electron chi connectivity index (χ4n) is 1.38. The Balaban J connectivity index is 0.00000112. The summed E-state index contributed by atoms with van der Waals surface area (Å²) in [7, 11) is 0. The molecule has 0 amide bonds. The Morgan fingerprint density at radius 3 is 1.73 bits per heavy atom. The van der Waals surface area contributed by atoms with E-state index in [2.05, 4.69) is 0 Å². The van der Waals surface area contributed by atoms with Gasteiger partial charge in [0.15, 0.2) is 0 Å². The van der Waals surface area contributed by atoms with Gasteiger partial charge in [0.1, 0.15) is 11.6 Å². The van der Waals surface area contributed by atoms with Gasteiger partial charge in [-0.1, -0.05) is 36.4 Å². The fourth-order valence-corrected chi connectivity index (χ4v) is 1.38. The molecule has 2 aromatic rings. The summed E-state index contributed by atoms with van der Waals surface area (Å²) in [5.41, 5.74) is 0.594. The standard InChI is InChI=1S/C12H8F2.ClH/c13-10-7-4-8-11(14)12(10)9-5-2-1-3-6-9;/h1-8H;1H. The van der Waals surface area contributed by atoms with E-state index in [-0.39, 0.29) is 18.0 Å². The molecule has 0 nitrogen and oxygen atoms in total. The maximum atomic E-state index is 13.3. The van der Waals surface area contributed by atoms with E-state index in [9.17, 15) is 8.78 Å². The van der Waals surface area contributed by atoms with Crippen LogP contribution in [-0.4, -0.2) is 0 Å². The van der Waals surface area contributed by atoms with Crippen molar-refractivity contribution in [1.82, 2.24) is 0 Å². The second kappa shape index (κ2) is 4.89. The summed E-state index contributed by atoms with van der Waals surface area (Å²) in [6.07, 6.45) is 0. The van der Waals surface area contributed by atoms with Crippen molar-refractivity contribution >= 4 is 12.4 Å². The zero-order valence-electron chi connectivity index (χ0n) is 7.78. The number of rotatable bonds is 1. The summed E-state index contributed by atoms with van der Waals surface area (Å²) in [6, 6.07) is 12.5. The molecule has 0 fully saturated rings. The number of halogens is 3. The lowest BCUT2D eigenvalue weighted by Crippen LogP contribution is -1.88. The molecule has 2 aromatic carbocycles. The molecule has 0 saturated heterocycles. The average molecular weight is 227 g/mol. The lowest BCUT2D eigenvalue weighted by atomic mass is 10.0. The van der Waals surface area contributed by atoms with E-state index in [0.29, 0.717) is 5.56 Å².